The third-order valence-corrected chi connectivity index (χ3v) is 3.31. The van der Waals surface area contributed by atoms with Crippen LogP contribution in [0.2, 0.25) is 0 Å². The maximum absolute atomic E-state index is 10.5. The Hall–Kier alpha value is -2.61. The summed E-state index contributed by atoms with van der Waals surface area (Å²) >= 11 is 0.927. The van der Waals surface area contributed by atoms with Gasteiger partial charge >= 0.3 is 0 Å². The van der Waals surface area contributed by atoms with Crippen molar-refractivity contribution in [3.8, 4) is 22.9 Å². The van der Waals surface area contributed by atoms with Gasteiger partial charge in [0.2, 0.25) is 5.16 Å². The van der Waals surface area contributed by atoms with E-state index < -0.39 is 5.97 Å². The molecular weight excluding hydrogens is 294 g/mol. The topological polar surface area (TPSA) is 105 Å². The van der Waals surface area contributed by atoms with E-state index in [0.29, 0.717) is 22.9 Å². The Kier molecular flexibility index (Phi) is 3.69. The van der Waals surface area contributed by atoms with E-state index in [0.717, 1.165) is 11.8 Å². The number of aliphatic carboxylic acids is 1. The van der Waals surface area contributed by atoms with Gasteiger partial charge in [-0.15, -0.1) is 10.2 Å². The zero-order chi connectivity index (χ0) is 14.7. The number of furan rings is 2. The summed E-state index contributed by atoms with van der Waals surface area (Å²) in [4.78, 5) is 14.8. The van der Waals surface area contributed by atoms with Gasteiger partial charge in [0.15, 0.2) is 17.2 Å². The van der Waals surface area contributed by atoms with E-state index >= 15 is 0 Å². The van der Waals surface area contributed by atoms with Gasteiger partial charge in [-0.2, -0.15) is 0 Å². The van der Waals surface area contributed by atoms with E-state index in [9.17, 15) is 9.90 Å². The lowest BCUT2D eigenvalue weighted by molar-refractivity contribution is -0.301. The Bertz CT molecular complexity index is 741. The molecule has 0 amide bonds. The predicted octanol–water partition coefficient (Wildman–Crippen LogP) is 1.23. The van der Waals surface area contributed by atoms with Gasteiger partial charge in [0.25, 0.3) is 0 Å². The van der Waals surface area contributed by atoms with Gasteiger partial charge in [0.1, 0.15) is 5.69 Å². The van der Waals surface area contributed by atoms with Gasteiger partial charge in [-0.1, -0.05) is 11.8 Å². The van der Waals surface area contributed by atoms with Crippen LogP contribution in [-0.2, 0) is 4.79 Å². The van der Waals surface area contributed by atoms with Crippen molar-refractivity contribution in [1.82, 2.24) is 15.2 Å². The van der Waals surface area contributed by atoms with Gasteiger partial charge in [0, 0.05) is 5.75 Å². The third-order valence-electron chi connectivity index (χ3n) is 2.50. The van der Waals surface area contributed by atoms with Crippen LogP contribution in [0, 0.1) is 0 Å². The molecular formula is C13H8N3O4S-. The van der Waals surface area contributed by atoms with Crippen LogP contribution in [0.5, 0.6) is 0 Å². The standard InChI is InChI=1S/C13H9N3O4S/c17-10(18)7-21-13-14-11(8-3-1-5-19-8)12(15-16-13)9-4-2-6-20-9/h1-6H,7H2,(H,17,18)/p-1. The maximum atomic E-state index is 10.5. The largest absolute Gasteiger partial charge is 0.549 e. The van der Waals surface area contributed by atoms with Crippen LogP contribution in [0.4, 0.5) is 0 Å². The number of thioether (sulfide) groups is 1. The fraction of sp³-hybridized carbons (Fsp3) is 0.0769. The second kappa shape index (κ2) is 5.80. The van der Waals surface area contributed by atoms with Gasteiger partial charge < -0.3 is 18.7 Å². The number of nitrogens with zero attached hydrogens (tertiary/aromatic N) is 3. The Balaban J connectivity index is 2.03. The summed E-state index contributed by atoms with van der Waals surface area (Å²) in [5.41, 5.74) is 0.860. The van der Waals surface area contributed by atoms with Gasteiger partial charge in [0.05, 0.1) is 18.5 Å². The molecule has 0 N–H and O–H groups in total. The molecule has 0 atom stereocenters. The number of carboxylic acids is 1. The van der Waals surface area contributed by atoms with Crippen molar-refractivity contribution in [2.24, 2.45) is 0 Å². The third kappa shape index (κ3) is 2.95. The highest BCUT2D eigenvalue weighted by Crippen LogP contribution is 2.30. The smallest absolute Gasteiger partial charge is 0.210 e. The number of aromatic nitrogens is 3. The van der Waals surface area contributed by atoms with Crippen molar-refractivity contribution in [2.75, 3.05) is 5.75 Å². The first-order valence-corrected chi connectivity index (χ1v) is 6.87. The highest BCUT2D eigenvalue weighted by molar-refractivity contribution is 7.99. The summed E-state index contributed by atoms with van der Waals surface area (Å²) in [7, 11) is 0. The average Bonchev–Trinajstić information content (AvgIpc) is 3.17. The molecule has 0 saturated heterocycles. The van der Waals surface area contributed by atoms with E-state index in [1.807, 2.05) is 0 Å². The number of hydrogen-bond donors (Lipinski definition) is 0. The van der Waals surface area contributed by atoms with Crippen LogP contribution in [0.3, 0.4) is 0 Å². The molecule has 3 aromatic rings. The Morgan fingerprint density at radius 2 is 1.76 bits per heavy atom. The van der Waals surface area contributed by atoms with Crippen LogP contribution in [0.25, 0.3) is 22.9 Å². The molecule has 0 aliphatic heterocycles. The first-order chi connectivity index (χ1) is 10.2. The predicted molar refractivity (Wildman–Crippen MR) is 71.0 cm³/mol. The van der Waals surface area contributed by atoms with Crippen molar-refractivity contribution < 1.29 is 18.7 Å². The summed E-state index contributed by atoms with van der Waals surface area (Å²) in [6.45, 7) is 0. The second-order valence-corrected chi connectivity index (χ2v) is 4.85. The van der Waals surface area contributed by atoms with E-state index in [4.69, 9.17) is 8.83 Å². The minimum Gasteiger partial charge on any atom is -0.549 e. The Morgan fingerprint density at radius 1 is 1.10 bits per heavy atom. The number of carboxylic acid groups (broad SMARTS) is 1. The second-order valence-electron chi connectivity index (χ2n) is 3.91. The number of rotatable bonds is 5. The van der Waals surface area contributed by atoms with Crippen LogP contribution >= 0.6 is 11.8 Å². The summed E-state index contributed by atoms with van der Waals surface area (Å²) < 4.78 is 10.6. The highest BCUT2D eigenvalue weighted by Gasteiger charge is 2.17. The summed E-state index contributed by atoms with van der Waals surface area (Å²) in [5.74, 6) is -0.456. The molecule has 0 radical (unpaired) electrons. The SMILES string of the molecule is O=C([O-])CSc1nnc(-c2ccco2)c(-c2ccco2)n1. The van der Waals surface area contributed by atoms with E-state index in [2.05, 4.69) is 15.2 Å². The summed E-state index contributed by atoms with van der Waals surface area (Å²) in [5, 5.41) is 18.7. The lowest BCUT2D eigenvalue weighted by atomic mass is 10.2. The van der Waals surface area contributed by atoms with Crippen molar-refractivity contribution >= 4 is 17.7 Å². The molecule has 3 heterocycles. The summed E-state index contributed by atoms with van der Waals surface area (Å²) in [6, 6.07) is 6.90. The summed E-state index contributed by atoms with van der Waals surface area (Å²) in [6.07, 6.45) is 3.03. The molecule has 0 unspecified atom stereocenters. The van der Waals surface area contributed by atoms with E-state index in [-0.39, 0.29) is 10.9 Å². The van der Waals surface area contributed by atoms with Crippen molar-refractivity contribution in [3.63, 3.8) is 0 Å². The molecule has 0 bridgehead atoms. The number of hydrogen-bond acceptors (Lipinski definition) is 8. The van der Waals surface area contributed by atoms with Crippen LogP contribution in [-0.4, -0.2) is 26.9 Å². The molecule has 0 saturated carbocycles. The molecule has 0 fully saturated rings. The van der Waals surface area contributed by atoms with E-state index in [1.165, 1.54) is 12.5 Å². The zero-order valence-electron chi connectivity index (χ0n) is 10.6. The normalized spacial score (nSPS) is 10.7. The minimum atomic E-state index is -1.20. The minimum absolute atomic E-state index is 0.223. The molecule has 3 aromatic heterocycles. The average molecular weight is 302 g/mol. The first kappa shape index (κ1) is 13.4. The Labute approximate surface area is 123 Å². The van der Waals surface area contributed by atoms with Gasteiger partial charge in [-0.25, -0.2) is 4.98 Å². The first-order valence-electron chi connectivity index (χ1n) is 5.89. The van der Waals surface area contributed by atoms with Gasteiger partial charge in [-0.05, 0) is 24.3 Å². The lowest BCUT2D eigenvalue weighted by Crippen LogP contribution is -2.24. The van der Waals surface area contributed by atoms with Crippen molar-refractivity contribution in [3.05, 3.63) is 36.8 Å². The molecule has 0 aliphatic carbocycles. The molecule has 8 heteroatoms. The number of carbonyl (C=O) groups excluding carboxylic acids is 1. The highest BCUT2D eigenvalue weighted by atomic mass is 32.2. The van der Waals surface area contributed by atoms with Crippen LogP contribution in [0.15, 0.2) is 50.8 Å². The molecule has 0 aliphatic rings. The monoisotopic (exact) mass is 302 g/mol. The van der Waals surface area contributed by atoms with Crippen LogP contribution in [0.1, 0.15) is 0 Å². The molecule has 0 aromatic carbocycles. The zero-order valence-corrected chi connectivity index (χ0v) is 11.4. The molecule has 3 rings (SSSR count). The molecule has 21 heavy (non-hydrogen) atoms. The Morgan fingerprint density at radius 3 is 2.33 bits per heavy atom. The van der Waals surface area contributed by atoms with Crippen molar-refractivity contribution in [2.45, 2.75) is 5.16 Å². The van der Waals surface area contributed by atoms with E-state index in [1.54, 1.807) is 24.3 Å². The maximum Gasteiger partial charge on any atom is 0.210 e. The van der Waals surface area contributed by atoms with Crippen LogP contribution < -0.4 is 5.11 Å². The number of carbonyl (C=O) groups is 1. The fourth-order valence-corrected chi connectivity index (χ4v) is 2.16. The fourth-order valence-electron chi connectivity index (χ4n) is 1.66. The molecule has 7 nitrogen and oxygen atoms in total. The van der Waals surface area contributed by atoms with Gasteiger partial charge in [-0.3, -0.25) is 0 Å². The quantitative estimate of drug-likeness (QED) is 0.648. The molecule has 106 valence electrons. The van der Waals surface area contributed by atoms with Crippen molar-refractivity contribution in [1.29, 1.82) is 0 Å². The molecule has 0 spiro atoms. The lowest BCUT2D eigenvalue weighted by Gasteiger charge is -2.05.